The first kappa shape index (κ1) is 18.7. The van der Waals surface area contributed by atoms with Gasteiger partial charge in [-0.05, 0) is 32.8 Å². The number of benzene rings is 1. The van der Waals surface area contributed by atoms with E-state index in [4.69, 9.17) is 9.26 Å². The average molecular weight is 344 g/mol. The second-order valence-electron chi connectivity index (χ2n) is 6.07. The number of hydrogen-bond donors (Lipinski definition) is 1. The van der Waals surface area contributed by atoms with Gasteiger partial charge in [-0.15, -0.1) is 0 Å². The number of methoxy groups -OCH3 is 1. The number of rotatable bonds is 6. The van der Waals surface area contributed by atoms with Crippen LogP contribution in [0.3, 0.4) is 0 Å². The summed E-state index contributed by atoms with van der Waals surface area (Å²) in [6, 6.07) is 9.12. The van der Waals surface area contributed by atoms with Crippen molar-refractivity contribution in [1.82, 2.24) is 10.5 Å². The van der Waals surface area contributed by atoms with E-state index in [1.165, 1.54) is 7.11 Å². The van der Waals surface area contributed by atoms with Gasteiger partial charge in [0.05, 0.1) is 18.7 Å². The number of aryl methyl sites for hydroxylation is 2. The van der Waals surface area contributed by atoms with Crippen molar-refractivity contribution in [3.63, 3.8) is 0 Å². The average Bonchev–Trinajstić information content (AvgIpc) is 2.97. The number of nitrogens with zero attached hydrogens (tertiary/aromatic N) is 1. The first-order valence-electron chi connectivity index (χ1n) is 8.26. The largest absolute Gasteiger partial charge is 0.467 e. The highest BCUT2D eigenvalue weighted by Crippen LogP contribution is 2.30. The van der Waals surface area contributed by atoms with Gasteiger partial charge >= 0.3 is 5.97 Å². The summed E-state index contributed by atoms with van der Waals surface area (Å²) in [6.07, 6.45) is 0.365. The van der Waals surface area contributed by atoms with Crippen LogP contribution < -0.4 is 5.32 Å². The number of carbonyl (C=O) groups excluding carboxylic acids is 2. The summed E-state index contributed by atoms with van der Waals surface area (Å²) in [6.45, 7) is 7.17. The molecule has 0 aliphatic rings. The molecule has 0 unspecified atom stereocenters. The molecule has 1 aromatic heterocycles. The summed E-state index contributed by atoms with van der Waals surface area (Å²) < 4.78 is 10.1. The SMILES string of the molecule is CC[C@@](NC(=O)[C@H](C)c1c(C)noc1C)(C(=O)OC)c1ccccc1. The number of amides is 1. The molecule has 6 nitrogen and oxygen atoms in total. The molecule has 6 heteroatoms. The van der Waals surface area contributed by atoms with Gasteiger partial charge in [-0.3, -0.25) is 4.79 Å². The van der Waals surface area contributed by atoms with Crippen LogP contribution in [0.15, 0.2) is 34.9 Å². The fourth-order valence-corrected chi connectivity index (χ4v) is 3.13. The molecule has 0 fully saturated rings. The Morgan fingerprint density at radius 1 is 1.28 bits per heavy atom. The number of nitrogens with one attached hydrogen (secondary N) is 1. The summed E-state index contributed by atoms with van der Waals surface area (Å²) in [4.78, 5) is 25.5. The zero-order valence-corrected chi connectivity index (χ0v) is 15.3. The lowest BCUT2D eigenvalue weighted by Crippen LogP contribution is -2.53. The van der Waals surface area contributed by atoms with Crippen molar-refractivity contribution in [2.75, 3.05) is 7.11 Å². The van der Waals surface area contributed by atoms with Crippen LogP contribution in [0.5, 0.6) is 0 Å². The maximum atomic E-state index is 12.9. The molecular formula is C19H24N2O4. The summed E-state index contributed by atoms with van der Waals surface area (Å²) in [5.74, 6) is -0.698. The molecular weight excluding hydrogens is 320 g/mol. The van der Waals surface area contributed by atoms with E-state index in [2.05, 4.69) is 10.5 Å². The molecule has 1 amide bonds. The molecule has 0 aliphatic heterocycles. The molecule has 2 aromatic rings. The second kappa shape index (κ2) is 7.51. The van der Waals surface area contributed by atoms with Crippen molar-refractivity contribution < 1.29 is 18.8 Å². The van der Waals surface area contributed by atoms with Crippen LogP contribution in [0, 0.1) is 13.8 Å². The van der Waals surface area contributed by atoms with E-state index in [0.29, 0.717) is 23.4 Å². The van der Waals surface area contributed by atoms with Crippen molar-refractivity contribution in [2.45, 2.75) is 45.6 Å². The van der Waals surface area contributed by atoms with Crippen LogP contribution in [0.2, 0.25) is 0 Å². The van der Waals surface area contributed by atoms with Crippen LogP contribution in [-0.2, 0) is 19.9 Å². The van der Waals surface area contributed by atoms with E-state index in [1.54, 1.807) is 32.9 Å². The number of esters is 1. The summed E-state index contributed by atoms with van der Waals surface area (Å²) in [5, 5.41) is 6.81. The normalized spacial score (nSPS) is 14.4. The highest BCUT2D eigenvalue weighted by molar-refractivity contribution is 5.92. The predicted octanol–water partition coefficient (Wildman–Crippen LogP) is 2.99. The zero-order valence-electron chi connectivity index (χ0n) is 15.3. The van der Waals surface area contributed by atoms with Crippen LogP contribution in [0.4, 0.5) is 0 Å². The van der Waals surface area contributed by atoms with E-state index in [1.807, 2.05) is 25.1 Å². The number of hydrogen-bond acceptors (Lipinski definition) is 5. The Balaban J connectivity index is 2.40. The van der Waals surface area contributed by atoms with Crippen molar-refractivity contribution >= 4 is 11.9 Å². The monoisotopic (exact) mass is 344 g/mol. The van der Waals surface area contributed by atoms with Crippen molar-refractivity contribution in [3.05, 3.63) is 52.9 Å². The summed E-state index contributed by atoms with van der Waals surface area (Å²) in [7, 11) is 1.32. The van der Waals surface area contributed by atoms with Gasteiger partial charge in [0.1, 0.15) is 5.76 Å². The second-order valence-corrected chi connectivity index (χ2v) is 6.07. The zero-order chi connectivity index (χ0) is 18.6. The fourth-order valence-electron chi connectivity index (χ4n) is 3.13. The fraction of sp³-hybridized carbons (Fsp3) is 0.421. The topological polar surface area (TPSA) is 81.4 Å². The molecule has 0 saturated carbocycles. The molecule has 1 aromatic carbocycles. The molecule has 134 valence electrons. The van der Waals surface area contributed by atoms with E-state index in [9.17, 15) is 9.59 Å². The minimum atomic E-state index is -1.24. The Morgan fingerprint density at radius 2 is 1.92 bits per heavy atom. The lowest BCUT2D eigenvalue weighted by molar-refractivity contribution is -0.152. The molecule has 1 N–H and O–H groups in total. The number of carbonyl (C=O) groups is 2. The highest BCUT2D eigenvalue weighted by atomic mass is 16.5. The third-order valence-electron chi connectivity index (χ3n) is 4.58. The van der Waals surface area contributed by atoms with Crippen molar-refractivity contribution in [3.8, 4) is 0 Å². The molecule has 0 spiro atoms. The molecule has 0 saturated heterocycles. The molecule has 2 atom stereocenters. The van der Waals surface area contributed by atoms with E-state index < -0.39 is 17.4 Å². The molecule has 1 heterocycles. The summed E-state index contributed by atoms with van der Waals surface area (Å²) >= 11 is 0. The van der Waals surface area contributed by atoms with Gasteiger partial charge < -0.3 is 14.6 Å². The molecule has 25 heavy (non-hydrogen) atoms. The van der Waals surface area contributed by atoms with Gasteiger partial charge in [0.2, 0.25) is 5.91 Å². The standard InChI is InChI=1S/C19H24N2O4/c1-6-19(18(23)24-5,15-10-8-7-9-11-15)20-17(22)12(2)16-13(3)21-25-14(16)4/h7-12H,6H2,1-5H3,(H,20,22)/t12-,19+/m1/s1. The Morgan fingerprint density at radius 3 is 2.40 bits per heavy atom. The predicted molar refractivity (Wildman–Crippen MR) is 93.0 cm³/mol. The van der Waals surface area contributed by atoms with Gasteiger partial charge in [0.15, 0.2) is 5.54 Å². The molecule has 2 rings (SSSR count). The Kier molecular flexibility index (Phi) is 5.62. The minimum absolute atomic E-state index is 0.287. The quantitative estimate of drug-likeness (QED) is 0.815. The first-order chi connectivity index (χ1) is 11.9. The van der Waals surface area contributed by atoms with Crippen LogP contribution in [0.25, 0.3) is 0 Å². The van der Waals surface area contributed by atoms with Gasteiger partial charge in [0, 0.05) is 5.56 Å². The Labute approximate surface area is 147 Å². The number of aromatic nitrogens is 1. The van der Waals surface area contributed by atoms with Crippen molar-refractivity contribution in [2.24, 2.45) is 0 Å². The molecule has 0 aliphatic carbocycles. The van der Waals surface area contributed by atoms with Gasteiger partial charge in [-0.25, -0.2) is 4.79 Å². The van der Waals surface area contributed by atoms with E-state index in [-0.39, 0.29) is 5.91 Å². The van der Waals surface area contributed by atoms with Crippen LogP contribution in [0.1, 0.15) is 48.8 Å². The third-order valence-corrected chi connectivity index (χ3v) is 4.58. The van der Waals surface area contributed by atoms with Crippen LogP contribution in [-0.4, -0.2) is 24.1 Å². The van der Waals surface area contributed by atoms with E-state index in [0.717, 1.165) is 5.56 Å². The Hall–Kier alpha value is -2.63. The molecule has 0 radical (unpaired) electrons. The maximum absolute atomic E-state index is 12.9. The summed E-state index contributed by atoms with van der Waals surface area (Å²) in [5.41, 5.74) is 0.851. The van der Waals surface area contributed by atoms with Gasteiger partial charge in [-0.1, -0.05) is 42.4 Å². The highest BCUT2D eigenvalue weighted by Gasteiger charge is 2.42. The lowest BCUT2D eigenvalue weighted by Gasteiger charge is -2.32. The maximum Gasteiger partial charge on any atom is 0.336 e. The smallest absolute Gasteiger partial charge is 0.336 e. The van der Waals surface area contributed by atoms with Crippen LogP contribution >= 0.6 is 0 Å². The molecule has 0 bridgehead atoms. The minimum Gasteiger partial charge on any atom is -0.467 e. The third kappa shape index (κ3) is 3.43. The number of ether oxygens (including phenoxy) is 1. The van der Waals surface area contributed by atoms with E-state index >= 15 is 0 Å². The Bertz CT molecular complexity index is 735. The van der Waals surface area contributed by atoms with Crippen molar-refractivity contribution in [1.29, 1.82) is 0 Å². The first-order valence-corrected chi connectivity index (χ1v) is 8.26. The van der Waals surface area contributed by atoms with Gasteiger partial charge in [0.25, 0.3) is 0 Å². The van der Waals surface area contributed by atoms with Gasteiger partial charge in [-0.2, -0.15) is 0 Å². The lowest BCUT2D eigenvalue weighted by atomic mass is 9.86.